The second-order valence-electron chi connectivity index (χ2n) is 5.20. The Morgan fingerprint density at radius 3 is 2.71 bits per heavy atom. The smallest absolute Gasteiger partial charge is 0.227 e. The fourth-order valence-electron chi connectivity index (χ4n) is 2.54. The maximum Gasteiger partial charge on any atom is 0.227 e. The first-order valence-corrected chi connectivity index (χ1v) is 7.06. The summed E-state index contributed by atoms with van der Waals surface area (Å²) in [5, 5.41) is 3.34. The van der Waals surface area contributed by atoms with Gasteiger partial charge in [-0.15, -0.1) is 0 Å². The van der Waals surface area contributed by atoms with E-state index in [2.05, 4.69) is 5.32 Å². The molecule has 1 N–H and O–H groups in total. The number of para-hydroxylation sites is 1. The number of anilines is 1. The first kappa shape index (κ1) is 13.6. The molecule has 0 aromatic heterocycles. The first-order valence-electron chi connectivity index (χ1n) is 7.06. The Hall–Kier alpha value is -2.36. The molecule has 0 atom stereocenters. The van der Waals surface area contributed by atoms with Gasteiger partial charge in [0.15, 0.2) is 0 Å². The van der Waals surface area contributed by atoms with Crippen LogP contribution in [0.4, 0.5) is 10.1 Å². The SMILES string of the molecule is O=C(Cc1ccc(F)cc1)N1CCNc2ccccc2C1. The minimum absolute atomic E-state index is 0.0695. The second-order valence-corrected chi connectivity index (χ2v) is 5.20. The maximum atomic E-state index is 12.9. The van der Waals surface area contributed by atoms with Crippen LogP contribution in [0.15, 0.2) is 48.5 Å². The van der Waals surface area contributed by atoms with Gasteiger partial charge in [0.05, 0.1) is 6.42 Å². The molecule has 0 saturated carbocycles. The van der Waals surface area contributed by atoms with Gasteiger partial charge in [-0.1, -0.05) is 30.3 Å². The van der Waals surface area contributed by atoms with Crippen molar-refractivity contribution in [2.75, 3.05) is 18.4 Å². The van der Waals surface area contributed by atoms with E-state index in [4.69, 9.17) is 0 Å². The number of halogens is 1. The van der Waals surface area contributed by atoms with E-state index in [-0.39, 0.29) is 11.7 Å². The quantitative estimate of drug-likeness (QED) is 0.919. The van der Waals surface area contributed by atoms with Crippen molar-refractivity contribution in [3.63, 3.8) is 0 Å². The lowest BCUT2D eigenvalue weighted by Gasteiger charge is -2.20. The van der Waals surface area contributed by atoms with Crippen LogP contribution in [0.3, 0.4) is 0 Å². The Balaban J connectivity index is 1.71. The van der Waals surface area contributed by atoms with Crippen LogP contribution in [0, 0.1) is 5.82 Å². The highest BCUT2D eigenvalue weighted by molar-refractivity contribution is 5.79. The van der Waals surface area contributed by atoms with E-state index >= 15 is 0 Å². The molecule has 0 saturated heterocycles. The summed E-state index contributed by atoms with van der Waals surface area (Å²) < 4.78 is 12.9. The zero-order valence-corrected chi connectivity index (χ0v) is 11.7. The number of carbonyl (C=O) groups is 1. The van der Waals surface area contributed by atoms with E-state index in [1.54, 1.807) is 12.1 Å². The molecule has 108 valence electrons. The van der Waals surface area contributed by atoms with E-state index in [9.17, 15) is 9.18 Å². The fraction of sp³-hybridized carbons (Fsp3) is 0.235. The molecule has 1 amide bonds. The van der Waals surface area contributed by atoms with Crippen molar-refractivity contribution in [2.45, 2.75) is 13.0 Å². The molecule has 0 aliphatic carbocycles. The molecule has 0 unspecified atom stereocenters. The normalized spacial score (nSPS) is 14.0. The van der Waals surface area contributed by atoms with Gasteiger partial charge in [0.2, 0.25) is 5.91 Å². The van der Waals surface area contributed by atoms with Crippen molar-refractivity contribution in [1.82, 2.24) is 4.90 Å². The van der Waals surface area contributed by atoms with Gasteiger partial charge in [0, 0.05) is 25.3 Å². The number of nitrogens with zero attached hydrogens (tertiary/aromatic N) is 1. The third kappa shape index (κ3) is 3.21. The molecule has 0 spiro atoms. The van der Waals surface area contributed by atoms with Crippen LogP contribution in [-0.2, 0) is 17.8 Å². The summed E-state index contributed by atoms with van der Waals surface area (Å²) in [6, 6.07) is 14.1. The molecule has 0 fully saturated rings. The first-order chi connectivity index (χ1) is 10.2. The van der Waals surface area contributed by atoms with E-state index in [1.807, 2.05) is 29.2 Å². The molecule has 3 rings (SSSR count). The summed E-state index contributed by atoms with van der Waals surface area (Å²) in [5.41, 5.74) is 3.06. The van der Waals surface area contributed by atoms with Crippen molar-refractivity contribution in [1.29, 1.82) is 0 Å². The lowest BCUT2D eigenvalue weighted by atomic mass is 10.1. The molecule has 0 radical (unpaired) electrons. The van der Waals surface area contributed by atoms with Crippen molar-refractivity contribution >= 4 is 11.6 Å². The standard InChI is InChI=1S/C17H17FN2O/c18-15-7-5-13(6-8-15)11-17(21)20-10-9-19-16-4-2-1-3-14(16)12-20/h1-8,19H,9-12H2. The number of fused-ring (bicyclic) bond motifs is 1. The second kappa shape index (κ2) is 5.95. The van der Waals surface area contributed by atoms with Gasteiger partial charge in [0.25, 0.3) is 0 Å². The van der Waals surface area contributed by atoms with Gasteiger partial charge in [0.1, 0.15) is 5.82 Å². The molecule has 4 heteroatoms. The third-order valence-corrected chi connectivity index (χ3v) is 3.70. The van der Waals surface area contributed by atoms with Crippen LogP contribution in [0.1, 0.15) is 11.1 Å². The van der Waals surface area contributed by atoms with Crippen LogP contribution in [0.2, 0.25) is 0 Å². The summed E-state index contributed by atoms with van der Waals surface area (Å²) >= 11 is 0. The number of carbonyl (C=O) groups excluding carboxylic acids is 1. The number of nitrogens with one attached hydrogen (secondary N) is 1. The highest BCUT2D eigenvalue weighted by Gasteiger charge is 2.18. The van der Waals surface area contributed by atoms with E-state index in [0.29, 0.717) is 19.5 Å². The molecule has 1 heterocycles. The van der Waals surface area contributed by atoms with Gasteiger partial charge in [-0.05, 0) is 29.3 Å². The summed E-state index contributed by atoms with van der Waals surface area (Å²) in [5.74, 6) is -0.209. The Labute approximate surface area is 123 Å². The largest absolute Gasteiger partial charge is 0.383 e. The summed E-state index contributed by atoms with van der Waals surface area (Å²) in [6.45, 7) is 2.03. The average molecular weight is 284 g/mol. The average Bonchev–Trinajstić information content (AvgIpc) is 2.72. The summed E-state index contributed by atoms with van der Waals surface area (Å²) in [7, 11) is 0. The number of hydrogen-bond donors (Lipinski definition) is 1. The van der Waals surface area contributed by atoms with Crippen molar-refractivity contribution < 1.29 is 9.18 Å². The monoisotopic (exact) mass is 284 g/mol. The molecule has 0 bridgehead atoms. The van der Waals surface area contributed by atoms with Gasteiger partial charge >= 0.3 is 0 Å². The number of amides is 1. The van der Waals surface area contributed by atoms with E-state index in [1.165, 1.54) is 12.1 Å². The summed E-state index contributed by atoms with van der Waals surface area (Å²) in [4.78, 5) is 14.3. The van der Waals surface area contributed by atoms with Crippen molar-refractivity contribution in [3.05, 3.63) is 65.5 Å². The minimum atomic E-state index is -0.279. The molecular weight excluding hydrogens is 267 g/mol. The van der Waals surface area contributed by atoms with Crippen LogP contribution in [0.25, 0.3) is 0 Å². The van der Waals surface area contributed by atoms with Gasteiger partial charge in [-0.3, -0.25) is 4.79 Å². The highest BCUT2D eigenvalue weighted by Crippen LogP contribution is 2.20. The number of rotatable bonds is 2. The lowest BCUT2D eigenvalue weighted by molar-refractivity contribution is -0.130. The Bertz CT molecular complexity index is 639. The Morgan fingerprint density at radius 1 is 1.14 bits per heavy atom. The molecule has 2 aromatic rings. The van der Waals surface area contributed by atoms with Crippen molar-refractivity contribution in [2.24, 2.45) is 0 Å². The summed E-state index contributed by atoms with van der Waals surface area (Å²) in [6.07, 6.45) is 0.308. The van der Waals surface area contributed by atoms with Crippen LogP contribution in [0.5, 0.6) is 0 Å². The van der Waals surface area contributed by atoms with Crippen molar-refractivity contribution in [3.8, 4) is 0 Å². The molecule has 21 heavy (non-hydrogen) atoms. The van der Waals surface area contributed by atoms with Gasteiger partial charge < -0.3 is 10.2 Å². The predicted octanol–water partition coefficient (Wildman–Crippen LogP) is 2.82. The topological polar surface area (TPSA) is 32.3 Å². The molecule has 3 nitrogen and oxygen atoms in total. The highest BCUT2D eigenvalue weighted by atomic mass is 19.1. The lowest BCUT2D eigenvalue weighted by Crippen LogP contribution is -2.33. The van der Waals surface area contributed by atoms with Gasteiger partial charge in [-0.2, -0.15) is 0 Å². The number of benzene rings is 2. The molecule has 1 aliphatic rings. The fourth-order valence-corrected chi connectivity index (χ4v) is 2.54. The Morgan fingerprint density at radius 2 is 1.90 bits per heavy atom. The third-order valence-electron chi connectivity index (χ3n) is 3.70. The predicted molar refractivity (Wildman–Crippen MR) is 80.5 cm³/mol. The van der Waals surface area contributed by atoms with Crippen LogP contribution in [-0.4, -0.2) is 23.9 Å². The van der Waals surface area contributed by atoms with E-state index < -0.39 is 0 Å². The van der Waals surface area contributed by atoms with E-state index in [0.717, 1.165) is 23.4 Å². The molecular formula is C17H17FN2O. The minimum Gasteiger partial charge on any atom is -0.383 e. The van der Waals surface area contributed by atoms with Gasteiger partial charge in [-0.25, -0.2) is 4.39 Å². The molecule has 1 aliphatic heterocycles. The zero-order chi connectivity index (χ0) is 14.7. The maximum absolute atomic E-state index is 12.9. The number of hydrogen-bond acceptors (Lipinski definition) is 2. The zero-order valence-electron chi connectivity index (χ0n) is 11.7. The van der Waals surface area contributed by atoms with Crippen LogP contribution >= 0.6 is 0 Å². The molecule has 2 aromatic carbocycles. The Kier molecular flexibility index (Phi) is 3.86. The van der Waals surface area contributed by atoms with Crippen LogP contribution < -0.4 is 5.32 Å².